The number of phenolic OH excluding ortho intramolecular Hbond substituents is 2. The molecular weight excluding hydrogens is 637 g/mol. The van der Waals surface area contributed by atoms with Crippen LogP contribution in [0.4, 0.5) is 0 Å². The summed E-state index contributed by atoms with van der Waals surface area (Å²) in [4.78, 5) is 10.1. The molecule has 2 N–H and O–H groups in total. The molecule has 1 aliphatic rings. The van der Waals surface area contributed by atoms with Gasteiger partial charge >= 0.3 is 0 Å². The molecule has 0 radical (unpaired) electrons. The van der Waals surface area contributed by atoms with Gasteiger partial charge in [0.05, 0.1) is 12.1 Å². The van der Waals surface area contributed by atoms with E-state index < -0.39 is 0 Å². The van der Waals surface area contributed by atoms with Gasteiger partial charge in [-0.05, 0) is 95.9 Å². The van der Waals surface area contributed by atoms with Gasteiger partial charge in [-0.15, -0.1) is 0 Å². The van der Waals surface area contributed by atoms with Gasteiger partial charge in [0.15, 0.2) is 0 Å². The molecule has 4 nitrogen and oxygen atoms in total. The Morgan fingerprint density at radius 3 is 1.23 bits per heavy atom. The van der Waals surface area contributed by atoms with Gasteiger partial charge in [-0.3, -0.25) is 9.98 Å². The minimum absolute atomic E-state index is 0.0119. The van der Waals surface area contributed by atoms with Gasteiger partial charge in [0.2, 0.25) is 0 Å². The van der Waals surface area contributed by atoms with E-state index in [1.807, 2.05) is 24.6 Å². The van der Waals surface area contributed by atoms with Crippen LogP contribution in [0.15, 0.2) is 82.8 Å². The first-order valence-corrected chi connectivity index (χ1v) is 19.6. The van der Waals surface area contributed by atoms with Crippen molar-refractivity contribution in [2.75, 3.05) is 0 Å². The highest BCUT2D eigenvalue weighted by Crippen LogP contribution is 2.40. The molecule has 0 heterocycles. The fourth-order valence-electron chi connectivity index (χ4n) is 7.97. The molecule has 0 unspecified atom stereocenters. The lowest BCUT2D eigenvalue weighted by Gasteiger charge is -2.26. The van der Waals surface area contributed by atoms with Gasteiger partial charge in [-0.2, -0.15) is 0 Å². The van der Waals surface area contributed by atoms with Crippen LogP contribution in [0.5, 0.6) is 11.5 Å². The number of benzene rings is 4. The third kappa shape index (κ3) is 8.71. The Balaban J connectivity index is 1.39. The Bertz CT molecular complexity index is 1730. The standard InChI is InChI=1S/C48H62N2O2/c1-11-39(33-21-25-37(26-22-33)47(5,6)7)43-31(3)17-19-35(45(43)51)29-49-41-15-13-14-16-42(41)50-30-36-20-18-32(4)44(46(36)52)40(12-2)34-23-27-38(28-24-34)48(8,9)10/h17-30,39-42,51-52H,11-16H2,1-10H3/t39-,40-,41+,42+/m1/s1. The number of rotatable bonds is 10. The number of nitrogens with zero attached hydrogens (tertiary/aromatic N) is 2. The van der Waals surface area contributed by atoms with Crippen molar-refractivity contribution in [1.29, 1.82) is 0 Å². The Labute approximate surface area is 314 Å². The highest BCUT2D eigenvalue weighted by molar-refractivity contribution is 5.86. The third-order valence-electron chi connectivity index (χ3n) is 11.3. The number of aromatic hydroxyl groups is 2. The molecule has 0 bridgehead atoms. The molecule has 0 spiro atoms. The Morgan fingerprint density at radius 1 is 0.577 bits per heavy atom. The molecule has 1 saturated carbocycles. The summed E-state index contributed by atoms with van der Waals surface area (Å²) >= 11 is 0. The van der Waals surface area contributed by atoms with Crippen LogP contribution in [-0.4, -0.2) is 34.7 Å². The van der Waals surface area contributed by atoms with Crippen molar-refractivity contribution in [3.8, 4) is 11.5 Å². The average Bonchev–Trinajstić information content (AvgIpc) is 3.11. The lowest BCUT2D eigenvalue weighted by molar-refractivity contribution is 0.390. The molecule has 1 fully saturated rings. The number of hydrogen-bond donors (Lipinski definition) is 2. The van der Waals surface area contributed by atoms with E-state index in [0.717, 1.165) is 71.9 Å². The first-order valence-electron chi connectivity index (χ1n) is 19.6. The molecule has 0 amide bonds. The topological polar surface area (TPSA) is 65.2 Å². The molecular formula is C48H62N2O2. The van der Waals surface area contributed by atoms with Crippen molar-refractivity contribution in [1.82, 2.24) is 0 Å². The molecule has 0 saturated heterocycles. The largest absolute Gasteiger partial charge is 0.507 e. The SMILES string of the molecule is CC[C@H](c1ccc(C(C)(C)C)cc1)c1c(C)ccc(C=N[C@H]2CCCC[C@@H]2N=Cc2ccc(C)c([C@H](CC)c3ccc(C(C)(C)C)cc3)c2O)c1O. The van der Waals surface area contributed by atoms with Gasteiger partial charge in [0.1, 0.15) is 11.5 Å². The van der Waals surface area contributed by atoms with Crippen molar-refractivity contribution in [2.24, 2.45) is 9.98 Å². The second-order valence-corrected chi connectivity index (χ2v) is 17.1. The molecule has 0 aliphatic heterocycles. The van der Waals surface area contributed by atoms with E-state index in [4.69, 9.17) is 9.98 Å². The first-order chi connectivity index (χ1) is 24.6. The Morgan fingerprint density at radius 2 is 0.923 bits per heavy atom. The van der Waals surface area contributed by atoms with E-state index in [0.29, 0.717) is 11.5 Å². The van der Waals surface area contributed by atoms with Crippen LogP contribution in [0.3, 0.4) is 0 Å². The number of hydrogen-bond acceptors (Lipinski definition) is 4. The lowest BCUT2D eigenvalue weighted by atomic mass is 9.82. The van der Waals surface area contributed by atoms with E-state index >= 15 is 0 Å². The molecule has 4 aromatic rings. The van der Waals surface area contributed by atoms with Crippen LogP contribution in [0.25, 0.3) is 0 Å². The molecule has 5 rings (SSSR count). The van der Waals surface area contributed by atoms with Gasteiger partial charge in [0, 0.05) is 46.5 Å². The maximum absolute atomic E-state index is 11.7. The molecule has 276 valence electrons. The van der Waals surface area contributed by atoms with E-state index in [-0.39, 0.29) is 34.7 Å². The van der Waals surface area contributed by atoms with Crippen molar-refractivity contribution in [3.05, 3.63) is 128 Å². The lowest BCUT2D eigenvalue weighted by Crippen LogP contribution is -2.27. The zero-order valence-corrected chi connectivity index (χ0v) is 33.4. The van der Waals surface area contributed by atoms with Crippen LogP contribution in [0.1, 0.15) is 161 Å². The average molecular weight is 699 g/mol. The van der Waals surface area contributed by atoms with Gasteiger partial charge in [-0.1, -0.05) is 129 Å². The number of phenols is 2. The highest BCUT2D eigenvalue weighted by atomic mass is 16.3. The maximum Gasteiger partial charge on any atom is 0.128 e. The van der Waals surface area contributed by atoms with Crippen molar-refractivity contribution >= 4 is 12.4 Å². The summed E-state index contributed by atoms with van der Waals surface area (Å²) in [5.74, 6) is 0.831. The summed E-state index contributed by atoms with van der Waals surface area (Å²) < 4.78 is 0. The zero-order valence-electron chi connectivity index (χ0n) is 33.4. The van der Waals surface area contributed by atoms with Gasteiger partial charge in [-0.25, -0.2) is 0 Å². The molecule has 0 aromatic heterocycles. The predicted octanol–water partition coefficient (Wildman–Crippen LogP) is 12.2. The van der Waals surface area contributed by atoms with Crippen LogP contribution >= 0.6 is 0 Å². The van der Waals surface area contributed by atoms with Crippen molar-refractivity contribution in [3.63, 3.8) is 0 Å². The van der Waals surface area contributed by atoms with Crippen LogP contribution in [-0.2, 0) is 10.8 Å². The minimum Gasteiger partial charge on any atom is -0.507 e. The maximum atomic E-state index is 11.7. The number of aryl methyl sites for hydroxylation is 2. The van der Waals surface area contributed by atoms with Crippen LogP contribution < -0.4 is 0 Å². The molecule has 4 atom stereocenters. The summed E-state index contributed by atoms with van der Waals surface area (Å²) in [7, 11) is 0. The van der Waals surface area contributed by atoms with Gasteiger partial charge in [0.25, 0.3) is 0 Å². The quantitative estimate of drug-likeness (QED) is 0.162. The van der Waals surface area contributed by atoms with E-state index in [1.54, 1.807) is 0 Å². The summed E-state index contributed by atoms with van der Waals surface area (Å²) in [6, 6.07) is 26.0. The molecule has 4 aromatic carbocycles. The minimum atomic E-state index is 0.0119. The summed E-state index contributed by atoms with van der Waals surface area (Å²) in [6.45, 7) is 22.0. The van der Waals surface area contributed by atoms with Gasteiger partial charge < -0.3 is 10.2 Å². The van der Waals surface area contributed by atoms with Crippen LogP contribution in [0, 0.1) is 13.8 Å². The smallest absolute Gasteiger partial charge is 0.128 e. The highest BCUT2D eigenvalue weighted by Gasteiger charge is 2.26. The Kier molecular flexibility index (Phi) is 12.2. The first kappa shape index (κ1) is 39.0. The number of aliphatic imine (C=N–C) groups is 2. The van der Waals surface area contributed by atoms with Crippen LogP contribution in [0.2, 0.25) is 0 Å². The second-order valence-electron chi connectivity index (χ2n) is 17.1. The van der Waals surface area contributed by atoms with Crippen molar-refractivity contribution < 1.29 is 10.2 Å². The molecule has 52 heavy (non-hydrogen) atoms. The summed E-state index contributed by atoms with van der Waals surface area (Å²) in [5.41, 5.74) is 10.9. The fraction of sp³-hybridized carbons (Fsp3) is 0.458. The summed E-state index contributed by atoms with van der Waals surface area (Å²) in [5, 5.41) is 23.4. The normalized spacial score (nSPS) is 18.3. The molecule has 4 heteroatoms. The predicted molar refractivity (Wildman–Crippen MR) is 221 cm³/mol. The monoisotopic (exact) mass is 698 g/mol. The van der Waals surface area contributed by atoms with Crippen molar-refractivity contribution in [2.45, 2.75) is 143 Å². The second kappa shape index (κ2) is 16.2. The zero-order chi connectivity index (χ0) is 37.8. The van der Waals surface area contributed by atoms with E-state index in [9.17, 15) is 10.2 Å². The molecule has 1 aliphatic carbocycles. The fourth-order valence-corrected chi connectivity index (χ4v) is 7.97. The van der Waals surface area contributed by atoms with E-state index in [2.05, 4.69) is 130 Å². The summed E-state index contributed by atoms with van der Waals surface area (Å²) in [6.07, 6.45) is 9.61. The Hall–Kier alpha value is -4.18. The van der Waals surface area contributed by atoms with E-state index in [1.165, 1.54) is 22.3 Å². The third-order valence-corrected chi connectivity index (χ3v) is 11.3.